The molecule has 0 aliphatic heterocycles. The van der Waals surface area contributed by atoms with Gasteiger partial charge in [0.1, 0.15) is 12.2 Å². The molecule has 2 nitrogen and oxygen atoms in total. The van der Waals surface area contributed by atoms with Gasteiger partial charge >= 0.3 is 30.6 Å². The predicted molar refractivity (Wildman–Crippen MR) is 59.7 cm³/mol. The molecular formula is C11H10F15NO. The van der Waals surface area contributed by atoms with E-state index in [1.165, 1.54) is 0 Å². The molecule has 0 heterocycles. The van der Waals surface area contributed by atoms with E-state index in [0.717, 1.165) is 0 Å². The van der Waals surface area contributed by atoms with Gasteiger partial charge in [0.15, 0.2) is 0 Å². The van der Waals surface area contributed by atoms with Crippen molar-refractivity contribution >= 4 is 0 Å². The Morgan fingerprint density at radius 3 is 1.21 bits per heavy atom. The maximum atomic E-state index is 13.6. The van der Waals surface area contributed by atoms with Crippen molar-refractivity contribution in [3.05, 3.63) is 0 Å². The van der Waals surface area contributed by atoms with Crippen molar-refractivity contribution < 1.29 is 70.6 Å². The largest absolute Gasteiger partial charge is 0.469 e. The van der Waals surface area contributed by atoms with Gasteiger partial charge in [-0.3, -0.25) is 0 Å². The molecule has 17 heteroatoms. The van der Waals surface area contributed by atoms with Gasteiger partial charge in [-0.1, -0.05) is 4.90 Å². The minimum Gasteiger partial charge on any atom is -0.363 e. The van der Waals surface area contributed by atoms with E-state index in [1.807, 2.05) is 0 Å². The van der Waals surface area contributed by atoms with Gasteiger partial charge in [0.25, 0.3) is 6.17 Å². The van der Waals surface area contributed by atoms with Crippen LogP contribution in [-0.2, 0) is 4.74 Å². The third-order valence-electron chi connectivity index (χ3n) is 3.21. The van der Waals surface area contributed by atoms with E-state index in [0.29, 0.717) is 0 Å². The molecule has 0 aromatic carbocycles. The van der Waals surface area contributed by atoms with Crippen molar-refractivity contribution in [1.82, 2.24) is 4.90 Å². The fourth-order valence-corrected chi connectivity index (χ4v) is 1.68. The summed E-state index contributed by atoms with van der Waals surface area (Å²) in [5.74, 6) is -11.4. The van der Waals surface area contributed by atoms with Crippen molar-refractivity contribution in [3.8, 4) is 0 Å². The number of alkyl halides is 15. The smallest absolute Gasteiger partial charge is 0.363 e. The molecule has 4 atom stereocenters. The lowest BCUT2D eigenvalue weighted by Gasteiger charge is -2.37. The van der Waals surface area contributed by atoms with Crippen molar-refractivity contribution in [2.24, 2.45) is 0 Å². The van der Waals surface area contributed by atoms with Crippen molar-refractivity contribution in [2.45, 2.75) is 69.1 Å². The number of halogens is 15. The zero-order chi connectivity index (χ0) is 23.1. The maximum absolute atomic E-state index is 13.6. The van der Waals surface area contributed by atoms with E-state index in [4.69, 9.17) is 0 Å². The molecule has 0 fully saturated rings. The first kappa shape index (κ1) is 26.9. The number of hydrogen-bond donors (Lipinski definition) is 0. The molecule has 0 aromatic rings. The van der Waals surface area contributed by atoms with Crippen LogP contribution in [0.2, 0.25) is 0 Å². The fraction of sp³-hybridized carbons (Fsp3) is 1.00. The molecule has 28 heavy (non-hydrogen) atoms. The van der Waals surface area contributed by atoms with Crippen LogP contribution in [0.1, 0.15) is 13.8 Å². The van der Waals surface area contributed by atoms with Crippen LogP contribution >= 0.6 is 0 Å². The fourth-order valence-electron chi connectivity index (χ4n) is 1.68. The van der Waals surface area contributed by atoms with Crippen LogP contribution in [0.3, 0.4) is 0 Å². The SMILES string of the molecule is CC(OC(C)C(F)(F)C(F)C(F)(F)F)C(F)(F)C(F)N(C(F)(F)F)C(F)(F)F. The summed E-state index contributed by atoms with van der Waals surface area (Å²) in [5, 5.41) is 0. The third kappa shape index (κ3) is 5.93. The Labute approximate surface area is 146 Å². The summed E-state index contributed by atoms with van der Waals surface area (Å²) in [6.07, 6.45) is -36.9. The second-order valence-electron chi connectivity index (χ2n) is 5.32. The highest BCUT2D eigenvalue weighted by atomic mass is 19.4. The van der Waals surface area contributed by atoms with Crippen LogP contribution in [0.25, 0.3) is 0 Å². The van der Waals surface area contributed by atoms with Gasteiger partial charge in [0.05, 0.1) is 0 Å². The molecule has 170 valence electrons. The Bertz CT molecular complexity index is 496. The average molecular weight is 457 g/mol. The molecule has 0 saturated carbocycles. The summed E-state index contributed by atoms with van der Waals surface area (Å²) in [6, 6.07) is 0. The quantitative estimate of drug-likeness (QED) is 0.365. The average Bonchev–Trinajstić information content (AvgIpc) is 2.41. The molecule has 0 radical (unpaired) electrons. The van der Waals surface area contributed by atoms with E-state index >= 15 is 0 Å². The summed E-state index contributed by atoms with van der Waals surface area (Å²) in [6.45, 7) is -0.311. The van der Waals surface area contributed by atoms with Crippen LogP contribution in [-0.4, -0.2) is 60.2 Å². The lowest BCUT2D eigenvalue weighted by molar-refractivity contribution is -0.419. The highest BCUT2D eigenvalue weighted by Gasteiger charge is 2.66. The topological polar surface area (TPSA) is 12.5 Å². The number of hydrogen-bond acceptors (Lipinski definition) is 2. The van der Waals surface area contributed by atoms with Crippen LogP contribution in [0.4, 0.5) is 65.9 Å². The molecule has 0 rings (SSSR count). The Kier molecular flexibility index (Phi) is 7.63. The second kappa shape index (κ2) is 7.95. The van der Waals surface area contributed by atoms with Crippen molar-refractivity contribution in [2.75, 3.05) is 0 Å². The lowest BCUT2D eigenvalue weighted by atomic mass is 10.1. The molecule has 0 bridgehead atoms. The normalized spacial score (nSPS) is 19.5. The molecular weight excluding hydrogens is 447 g/mol. The maximum Gasteiger partial charge on any atom is 0.469 e. The first-order valence-electron chi connectivity index (χ1n) is 6.67. The van der Waals surface area contributed by atoms with E-state index in [9.17, 15) is 65.9 Å². The third-order valence-corrected chi connectivity index (χ3v) is 3.21. The highest BCUT2D eigenvalue weighted by Crippen LogP contribution is 2.44. The monoisotopic (exact) mass is 457 g/mol. The van der Waals surface area contributed by atoms with Gasteiger partial charge in [-0.05, 0) is 13.8 Å². The Hall–Kier alpha value is -1.13. The Morgan fingerprint density at radius 1 is 0.607 bits per heavy atom. The number of nitrogens with zero attached hydrogens (tertiary/aromatic N) is 1. The summed E-state index contributed by atoms with van der Waals surface area (Å²) in [4.78, 5) is -3.20. The number of ether oxygens (including phenoxy) is 1. The van der Waals surface area contributed by atoms with Gasteiger partial charge in [-0.15, -0.1) is 0 Å². The van der Waals surface area contributed by atoms with E-state index < -0.39 is 60.2 Å². The lowest BCUT2D eigenvalue weighted by Crippen LogP contribution is -2.61. The molecule has 0 saturated heterocycles. The van der Waals surface area contributed by atoms with Gasteiger partial charge in [0.2, 0.25) is 6.30 Å². The van der Waals surface area contributed by atoms with Crippen LogP contribution < -0.4 is 0 Å². The van der Waals surface area contributed by atoms with Crippen LogP contribution in [0, 0.1) is 0 Å². The Morgan fingerprint density at radius 2 is 0.929 bits per heavy atom. The summed E-state index contributed by atoms with van der Waals surface area (Å²) < 4.78 is 193. The standard InChI is InChI=1S/C11H10F15NO/c1-3(7(14,15)5(12)9(18,19)20)28-4(2)8(16,17)6(13)27(10(21,22)23)11(24,25)26/h3-6H,1-2H3. The Balaban J connectivity index is 5.64. The van der Waals surface area contributed by atoms with E-state index in [2.05, 4.69) is 4.74 Å². The molecule has 0 aliphatic carbocycles. The van der Waals surface area contributed by atoms with Crippen molar-refractivity contribution in [3.63, 3.8) is 0 Å². The predicted octanol–water partition coefficient (Wildman–Crippen LogP) is 5.59. The highest BCUT2D eigenvalue weighted by molar-refractivity contribution is 4.91. The second-order valence-corrected chi connectivity index (χ2v) is 5.32. The minimum absolute atomic E-state index is 0.122. The van der Waals surface area contributed by atoms with Gasteiger partial charge in [0, 0.05) is 0 Å². The van der Waals surface area contributed by atoms with Gasteiger partial charge < -0.3 is 4.74 Å². The van der Waals surface area contributed by atoms with Gasteiger partial charge in [-0.2, -0.15) is 48.3 Å². The van der Waals surface area contributed by atoms with E-state index in [1.54, 1.807) is 0 Å². The summed E-state index contributed by atoms with van der Waals surface area (Å²) in [7, 11) is 0. The summed E-state index contributed by atoms with van der Waals surface area (Å²) in [5.41, 5.74) is 0. The summed E-state index contributed by atoms with van der Waals surface area (Å²) >= 11 is 0. The van der Waals surface area contributed by atoms with Crippen molar-refractivity contribution in [1.29, 1.82) is 0 Å². The molecule has 0 spiro atoms. The molecule has 4 unspecified atom stereocenters. The zero-order valence-electron chi connectivity index (χ0n) is 13.3. The molecule has 0 aliphatic rings. The molecule has 0 amide bonds. The van der Waals surface area contributed by atoms with Crippen LogP contribution in [0.15, 0.2) is 0 Å². The van der Waals surface area contributed by atoms with Crippen LogP contribution in [0.5, 0.6) is 0 Å². The minimum atomic E-state index is -6.74. The first-order valence-corrected chi connectivity index (χ1v) is 6.67. The molecule has 0 aromatic heterocycles. The molecule has 0 N–H and O–H groups in total. The van der Waals surface area contributed by atoms with Gasteiger partial charge in [-0.25, -0.2) is 17.6 Å². The zero-order valence-corrected chi connectivity index (χ0v) is 13.3. The van der Waals surface area contributed by atoms with E-state index in [-0.39, 0.29) is 13.8 Å². The number of rotatable bonds is 7. The first-order chi connectivity index (χ1) is 12.0.